The Kier molecular flexibility index (Phi) is 3.57. The summed E-state index contributed by atoms with van der Waals surface area (Å²) in [5.41, 5.74) is 0.242. The number of anilines is 1. The lowest BCUT2D eigenvalue weighted by Crippen LogP contribution is -2.24. The minimum absolute atomic E-state index is 0.242. The Hall–Kier alpha value is -2.36. The Balaban J connectivity index is 2.12. The zero-order chi connectivity index (χ0) is 13.0. The number of rotatable bonds is 3. The van der Waals surface area contributed by atoms with E-state index in [0.29, 0.717) is 5.76 Å². The summed E-state index contributed by atoms with van der Waals surface area (Å²) < 4.78 is 18.5. The van der Waals surface area contributed by atoms with Crippen molar-refractivity contribution >= 4 is 17.7 Å². The molecule has 0 spiro atoms. The summed E-state index contributed by atoms with van der Waals surface area (Å²) in [6, 6.07) is 9.58. The maximum atomic E-state index is 13.5. The van der Waals surface area contributed by atoms with Gasteiger partial charge in [0.25, 0.3) is 5.91 Å². The van der Waals surface area contributed by atoms with Crippen LogP contribution in [0.2, 0.25) is 0 Å². The average molecular weight is 245 g/mol. The predicted molar refractivity (Wildman–Crippen MR) is 67.6 cm³/mol. The molecule has 0 aliphatic heterocycles. The molecule has 1 aromatic heterocycles. The van der Waals surface area contributed by atoms with Gasteiger partial charge < -0.3 is 9.32 Å². The maximum absolute atomic E-state index is 13.5. The molecule has 0 fully saturated rings. The summed E-state index contributed by atoms with van der Waals surface area (Å²) in [6.07, 6.45) is 4.40. The minimum Gasteiger partial charge on any atom is -0.465 e. The Labute approximate surface area is 104 Å². The zero-order valence-corrected chi connectivity index (χ0v) is 9.84. The fourth-order valence-electron chi connectivity index (χ4n) is 1.49. The Morgan fingerprint density at radius 1 is 1.28 bits per heavy atom. The van der Waals surface area contributed by atoms with Crippen LogP contribution in [0.3, 0.4) is 0 Å². The summed E-state index contributed by atoms with van der Waals surface area (Å²) >= 11 is 0. The molecule has 0 atom stereocenters. The average Bonchev–Trinajstić information content (AvgIpc) is 2.89. The van der Waals surface area contributed by atoms with Crippen LogP contribution in [-0.2, 0) is 4.79 Å². The third-order valence-electron chi connectivity index (χ3n) is 2.48. The maximum Gasteiger partial charge on any atom is 0.250 e. The molecule has 1 aromatic carbocycles. The second-order valence-electron chi connectivity index (χ2n) is 3.70. The van der Waals surface area contributed by atoms with E-state index in [2.05, 4.69) is 0 Å². The van der Waals surface area contributed by atoms with E-state index < -0.39 is 5.82 Å². The predicted octanol–water partition coefficient (Wildman–Crippen LogP) is 3.09. The van der Waals surface area contributed by atoms with Crippen LogP contribution in [0, 0.1) is 5.82 Å². The van der Waals surface area contributed by atoms with Crippen LogP contribution in [0.5, 0.6) is 0 Å². The number of para-hydroxylation sites is 1. The highest BCUT2D eigenvalue weighted by atomic mass is 19.1. The van der Waals surface area contributed by atoms with Gasteiger partial charge in [-0.2, -0.15) is 0 Å². The van der Waals surface area contributed by atoms with Crippen molar-refractivity contribution in [3.05, 3.63) is 60.3 Å². The number of amides is 1. The lowest BCUT2D eigenvalue weighted by atomic mass is 10.2. The number of halogens is 1. The van der Waals surface area contributed by atoms with Gasteiger partial charge in [0.05, 0.1) is 12.0 Å². The summed E-state index contributed by atoms with van der Waals surface area (Å²) in [6.45, 7) is 0. The molecule has 3 nitrogen and oxygen atoms in total. The third-order valence-corrected chi connectivity index (χ3v) is 2.48. The molecule has 0 bridgehead atoms. The number of hydrogen-bond acceptors (Lipinski definition) is 2. The largest absolute Gasteiger partial charge is 0.465 e. The van der Waals surface area contributed by atoms with Gasteiger partial charge in [-0.25, -0.2) is 4.39 Å². The van der Waals surface area contributed by atoms with Gasteiger partial charge in [0.2, 0.25) is 0 Å². The number of nitrogens with zero attached hydrogens (tertiary/aromatic N) is 1. The van der Waals surface area contributed by atoms with Gasteiger partial charge in [0.1, 0.15) is 11.6 Å². The molecule has 1 heterocycles. The topological polar surface area (TPSA) is 33.5 Å². The normalized spacial score (nSPS) is 10.8. The van der Waals surface area contributed by atoms with Gasteiger partial charge in [-0.3, -0.25) is 4.79 Å². The SMILES string of the molecule is CN(C(=O)C=Cc1ccco1)c1ccccc1F. The highest BCUT2D eigenvalue weighted by molar-refractivity contribution is 6.03. The van der Waals surface area contributed by atoms with E-state index in [1.54, 1.807) is 36.4 Å². The van der Waals surface area contributed by atoms with E-state index in [-0.39, 0.29) is 11.6 Å². The van der Waals surface area contributed by atoms with Crippen LogP contribution in [0.4, 0.5) is 10.1 Å². The number of benzene rings is 1. The van der Waals surface area contributed by atoms with E-state index >= 15 is 0 Å². The second-order valence-corrected chi connectivity index (χ2v) is 3.70. The van der Waals surface area contributed by atoms with Crippen molar-refractivity contribution in [2.75, 3.05) is 11.9 Å². The molecular formula is C14H12FNO2. The fourth-order valence-corrected chi connectivity index (χ4v) is 1.49. The smallest absolute Gasteiger partial charge is 0.250 e. The van der Waals surface area contributed by atoms with E-state index in [1.165, 1.54) is 30.4 Å². The number of carbonyl (C=O) groups is 1. The van der Waals surface area contributed by atoms with Crippen LogP contribution in [0.25, 0.3) is 6.08 Å². The Morgan fingerprint density at radius 3 is 2.72 bits per heavy atom. The first-order valence-corrected chi connectivity index (χ1v) is 5.42. The Bertz CT molecular complexity index is 561. The van der Waals surface area contributed by atoms with E-state index in [9.17, 15) is 9.18 Å². The molecule has 0 aliphatic rings. The summed E-state index contributed by atoms with van der Waals surface area (Å²) in [7, 11) is 1.52. The van der Waals surface area contributed by atoms with Gasteiger partial charge in [-0.05, 0) is 30.3 Å². The van der Waals surface area contributed by atoms with Gasteiger partial charge in [0, 0.05) is 13.1 Å². The first-order chi connectivity index (χ1) is 8.68. The lowest BCUT2D eigenvalue weighted by Gasteiger charge is -2.15. The summed E-state index contributed by atoms with van der Waals surface area (Å²) in [5, 5.41) is 0. The van der Waals surface area contributed by atoms with Crippen molar-refractivity contribution < 1.29 is 13.6 Å². The molecule has 0 unspecified atom stereocenters. The van der Waals surface area contributed by atoms with Crippen molar-refractivity contribution in [1.82, 2.24) is 0 Å². The van der Waals surface area contributed by atoms with Crippen LogP contribution < -0.4 is 4.90 Å². The molecular weight excluding hydrogens is 233 g/mol. The second kappa shape index (κ2) is 5.31. The molecule has 92 valence electrons. The number of carbonyl (C=O) groups excluding carboxylic acids is 1. The van der Waals surface area contributed by atoms with E-state index in [0.717, 1.165) is 0 Å². The monoisotopic (exact) mass is 245 g/mol. The number of hydrogen-bond donors (Lipinski definition) is 0. The molecule has 2 aromatic rings. The minimum atomic E-state index is -0.431. The first-order valence-electron chi connectivity index (χ1n) is 5.42. The van der Waals surface area contributed by atoms with Gasteiger partial charge in [-0.1, -0.05) is 12.1 Å². The third kappa shape index (κ3) is 2.66. The van der Waals surface area contributed by atoms with Gasteiger partial charge >= 0.3 is 0 Å². The molecule has 0 aliphatic carbocycles. The van der Waals surface area contributed by atoms with Crippen LogP contribution >= 0.6 is 0 Å². The molecule has 0 saturated heterocycles. The molecule has 2 rings (SSSR count). The molecule has 0 radical (unpaired) electrons. The number of furan rings is 1. The zero-order valence-electron chi connectivity index (χ0n) is 9.84. The van der Waals surface area contributed by atoms with Crippen molar-refractivity contribution in [3.63, 3.8) is 0 Å². The molecule has 18 heavy (non-hydrogen) atoms. The quantitative estimate of drug-likeness (QED) is 0.778. The highest BCUT2D eigenvalue weighted by Crippen LogP contribution is 2.17. The Morgan fingerprint density at radius 2 is 2.06 bits per heavy atom. The van der Waals surface area contributed by atoms with Crippen molar-refractivity contribution in [2.24, 2.45) is 0 Å². The standard InChI is InChI=1S/C14H12FNO2/c1-16(13-7-3-2-6-12(13)15)14(17)9-8-11-5-4-10-18-11/h2-10H,1H3. The molecule has 4 heteroatoms. The van der Waals surface area contributed by atoms with Crippen molar-refractivity contribution in [2.45, 2.75) is 0 Å². The lowest BCUT2D eigenvalue weighted by molar-refractivity contribution is -0.113. The van der Waals surface area contributed by atoms with Crippen LogP contribution in [0.1, 0.15) is 5.76 Å². The van der Waals surface area contributed by atoms with E-state index in [4.69, 9.17) is 4.42 Å². The molecule has 1 amide bonds. The van der Waals surface area contributed by atoms with Gasteiger partial charge in [0.15, 0.2) is 0 Å². The molecule has 0 saturated carbocycles. The van der Waals surface area contributed by atoms with Gasteiger partial charge in [-0.15, -0.1) is 0 Å². The van der Waals surface area contributed by atoms with E-state index in [1.807, 2.05) is 0 Å². The summed E-state index contributed by atoms with van der Waals surface area (Å²) in [4.78, 5) is 13.1. The highest BCUT2D eigenvalue weighted by Gasteiger charge is 2.11. The van der Waals surface area contributed by atoms with Crippen molar-refractivity contribution in [3.8, 4) is 0 Å². The van der Waals surface area contributed by atoms with Crippen LogP contribution in [-0.4, -0.2) is 13.0 Å². The fraction of sp³-hybridized carbons (Fsp3) is 0.0714. The van der Waals surface area contributed by atoms with Crippen molar-refractivity contribution in [1.29, 1.82) is 0 Å². The van der Waals surface area contributed by atoms with Crippen LogP contribution in [0.15, 0.2) is 53.2 Å². The summed E-state index contributed by atoms with van der Waals surface area (Å²) in [5.74, 6) is -0.179. The number of likely N-dealkylation sites (N-methyl/N-ethyl adjacent to an activating group) is 1. The first kappa shape index (κ1) is 12.1. The molecule has 0 N–H and O–H groups in total.